The average molecular weight is 349 g/mol. The molecule has 2 aromatic carbocycles. The topological polar surface area (TPSA) is 96.4 Å². The molecule has 0 spiro atoms. The van der Waals surface area contributed by atoms with E-state index in [-0.39, 0.29) is 12.6 Å². The minimum absolute atomic E-state index is 0.00701. The fraction of sp³-hybridized carbons (Fsp3) is 0.158. The number of nitrogens with two attached hydrogens (primary N) is 1. The molecule has 0 aliphatic carbocycles. The number of carbonyl (C=O) groups is 1. The molecule has 2 amide bonds. The maximum atomic E-state index is 12.6. The van der Waals surface area contributed by atoms with E-state index in [1.807, 2.05) is 48.5 Å². The molecule has 0 saturated heterocycles. The minimum atomic E-state index is -0.253. The van der Waals surface area contributed by atoms with Crippen LogP contribution in [0.2, 0.25) is 0 Å². The van der Waals surface area contributed by atoms with Crippen LogP contribution in [0.5, 0.6) is 0 Å². The van der Waals surface area contributed by atoms with Crippen LogP contribution in [0.15, 0.2) is 54.7 Å². The Hall–Kier alpha value is -3.32. The predicted octanol–water partition coefficient (Wildman–Crippen LogP) is 2.49. The third-order valence-corrected chi connectivity index (χ3v) is 4.45. The van der Waals surface area contributed by atoms with Gasteiger partial charge in [0.25, 0.3) is 0 Å². The highest BCUT2D eigenvalue weighted by molar-refractivity contribution is 5.91. The van der Waals surface area contributed by atoms with E-state index in [0.717, 1.165) is 22.4 Å². The van der Waals surface area contributed by atoms with E-state index in [9.17, 15) is 9.90 Å². The third-order valence-electron chi connectivity index (χ3n) is 4.45. The number of urea groups is 1. The molecule has 7 heteroatoms. The molecule has 1 aromatic heterocycles. The van der Waals surface area contributed by atoms with Crippen LogP contribution in [0.25, 0.3) is 5.69 Å². The summed E-state index contributed by atoms with van der Waals surface area (Å²) in [6.07, 6.45) is 1.68. The summed E-state index contributed by atoms with van der Waals surface area (Å²) < 4.78 is 1.64. The van der Waals surface area contributed by atoms with E-state index in [1.165, 1.54) is 0 Å². The number of hydrogen-bond acceptors (Lipinski definition) is 4. The van der Waals surface area contributed by atoms with Gasteiger partial charge in [0.15, 0.2) is 5.82 Å². The monoisotopic (exact) mass is 349 g/mol. The van der Waals surface area contributed by atoms with Crippen molar-refractivity contribution in [2.24, 2.45) is 0 Å². The first kappa shape index (κ1) is 16.2. The van der Waals surface area contributed by atoms with E-state index in [2.05, 4.69) is 10.4 Å². The smallest absolute Gasteiger partial charge is 0.323 e. The summed E-state index contributed by atoms with van der Waals surface area (Å²) in [5.74, 6) is 0.339. The fourth-order valence-corrected chi connectivity index (χ4v) is 3.07. The lowest BCUT2D eigenvalue weighted by atomic mass is 10.1. The minimum Gasteiger partial charge on any atom is -0.394 e. The molecular formula is C19H19N5O2. The molecule has 1 aliphatic heterocycles. The number of rotatable bonds is 3. The second kappa shape index (κ2) is 6.53. The Morgan fingerprint density at radius 2 is 1.92 bits per heavy atom. The van der Waals surface area contributed by atoms with Gasteiger partial charge in [0.05, 0.1) is 24.2 Å². The quantitative estimate of drug-likeness (QED) is 0.677. The summed E-state index contributed by atoms with van der Waals surface area (Å²) in [5, 5.41) is 16.4. The maximum Gasteiger partial charge on any atom is 0.323 e. The molecule has 1 aliphatic rings. The lowest BCUT2D eigenvalue weighted by Crippen LogP contribution is -2.30. The standard InChI is InChI=1S/C19H19N5O2/c20-17-11-24(16-4-2-1-3-5-16)22-18(17)21-19(26)23-9-14-7-6-13(12-25)8-15(14)10-23/h1-8,11,25H,9-10,12,20H2,(H,21,22,26). The molecule has 0 atom stereocenters. The summed E-state index contributed by atoms with van der Waals surface area (Å²) in [7, 11) is 0. The van der Waals surface area contributed by atoms with E-state index < -0.39 is 0 Å². The van der Waals surface area contributed by atoms with Crippen molar-refractivity contribution in [3.63, 3.8) is 0 Å². The van der Waals surface area contributed by atoms with Crippen molar-refractivity contribution in [1.29, 1.82) is 0 Å². The van der Waals surface area contributed by atoms with Crippen molar-refractivity contribution in [1.82, 2.24) is 14.7 Å². The van der Waals surface area contributed by atoms with Gasteiger partial charge in [0.2, 0.25) is 0 Å². The molecule has 4 N–H and O–H groups in total. The van der Waals surface area contributed by atoms with Gasteiger partial charge in [-0.3, -0.25) is 5.32 Å². The Balaban J connectivity index is 1.48. The van der Waals surface area contributed by atoms with Gasteiger partial charge in [0, 0.05) is 13.1 Å². The molecule has 132 valence electrons. The highest BCUT2D eigenvalue weighted by Crippen LogP contribution is 2.25. The van der Waals surface area contributed by atoms with E-state index in [4.69, 9.17) is 5.73 Å². The molecule has 26 heavy (non-hydrogen) atoms. The Labute approximate surface area is 150 Å². The largest absolute Gasteiger partial charge is 0.394 e. The molecule has 0 bridgehead atoms. The first-order chi connectivity index (χ1) is 12.6. The summed E-state index contributed by atoms with van der Waals surface area (Å²) in [4.78, 5) is 14.3. The van der Waals surface area contributed by atoms with E-state index in [0.29, 0.717) is 24.6 Å². The zero-order valence-corrected chi connectivity index (χ0v) is 14.1. The van der Waals surface area contributed by atoms with Crippen LogP contribution in [0.3, 0.4) is 0 Å². The van der Waals surface area contributed by atoms with Crippen molar-refractivity contribution in [3.05, 3.63) is 71.4 Å². The van der Waals surface area contributed by atoms with E-state index >= 15 is 0 Å². The SMILES string of the molecule is Nc1cn(-c2ccccc2)nc1NC(=O)N1Cc2ccc(CO)cc2C1. The molecule has 3 aromatic rings. The number of amides is 2. The number of aromatic nitrogens is 2. The van der Waals surface area contributed by atoms with Crippen LogP contribution in [-0.4, -0.2) is 25.8 Å². The lowest BCUT2D eigenvalue weighted by Gasteiger charge is -2.15. The van der Waals surface area contributed by atoms with Crippen molar-refractivity contribution in [2.75, 3.05) is 11.1 Å². The number of carbonyl (C=O) groups excluding carboxylic acids is 1. The highest BCUT2D eigenvalue weighted by atomic mass is 16.3. The molecular weight excluding hydrogens is 330 g/mol. The van der Waals surface area contributed by atoms with Crippen LogP contribution in [0, 0.1) is 0 Å². The number of anilines is 2. The molecule has 0 fully saturated rings. The summed E-state index contributed by atoms with van der Waals surface area (Å²) >= 11 is 0. The number of nitrogens with one attached hydrogen (secondary N) is 1. The van der Waals surface area contributed by atoms with Gasteiger partial charge in [-0.05, 0) is 28.8 Å². The highest BCUT2D eigenvalue weighted by Gasteiger charge is 2.24. The average Bonchev–Trinajstić information content (AvgIpc) is 3.25. The Kier molecular flexibility index (Phi) is 4.06. The molecule has 7 nitrogen and oxygen atoms in total. The fourth-order valence-electron chi connectivity index (χ4n) is 3.07. The van der Waals surface area contributed by atoms with Crippen molar-refractivity contribution in [3.8, 4) is 5.69 Å². The van der Waals surface area contributed by atoms with Crippen molar-refractivity contribution < 1.29 is 9.90 Å². The Morgan fingerprint density at radius 1 is 1.15 bits per heavy atom. The van der Waals surface area contributed by atoms with Gasteiger partial charge in [-0.25, -0.2) is 9.48 Å². The molecule has 0 unspecified atom stereocenters. The van der Waals surface area contributed by atoms with Gasteiger partial charge in [-0.2, -0.15) is 0 Å². The number of fused-ring (bicyclic) bond motifs is 1. The van der Waals surface area contributed by atoms with E-state index in [1.54, 1.807) is 15.8 Å². The van der Waals surface area contributed by atoms with Gasteiger partial charge >= 0.3 is 6.03 Å². The number of para-hydroxylation sites is 1. The van der Waals surface area contributed by atoms with Crippen LogP contribution in [-0.2, 0) is 19.7 Å². The van der Waals surface area contributed by atoms with Gasteiger partial charge < -0.3 is 15.7 Å². The van der Waals surface area contributed by atoms with Crippen LogP contribution < -0.4 is 11.1 Å². The number of benzene rings is 2. The number of aliphatic hydroxyl groups is 1. The number of aliphatic hydroxyl groups excluding tert-OH is 1. The molecule has 2 heterocycles. The number of nitrogen functional groups attached to an aromatic ring is 1. The zero-order chi connectivity index (χ0) is 18.1. The summed E-state index contributed by atoms with van der Waals surface area (Å²) in [6.45, 7) is 1.01. The van der Waals surface area contributed by atoms with Gasteiger partial charge in [0.1, 0.15) is 0 Å². The normalized spacial score (nSPS) is 12.9. The van der Waals surface area contributed by atoms with Crippen LogP contribution in [0.4, 0.5) is 16.3 Å². The molecule has 4 rings (SSSR count). The zero-order valence-electron chi connectivity index (χ0n) is 14.1. The lowest BCUT2D eigenvalue weighted by molar-refractivity contribution is 0.212. The third kappa shape index (κ3) is 3.00. The molecule has 0 saturated carbocycles. The summed E-state index contributed by atoms with van der Waals surface area (Å²) in [5.41, 5.74) is 10.3. The first-order valence-electron chi connectivity index (χ1n) is 8.32. The van der Waals surface area contributed by atoms with Crippen LogP contribution in [0.1, 0.15) is 16.7 Å². The van der Waals surface area contributed by atoms with Crippen LogP contribution >= 0.6 is 0 Å². The second-order valence-corrected chi connectivity index (χ2v) is 6.26. The Bertz CT molecular complexity index is 952. The van der Waals surface area contributed by atoms with Gasteiger partial charge in [-0.15, -0.1) is 5.10 Å². The van der Waals surface area contributed by atoms with Crippen molar-refractivity contribution >= 4 is 17.5 Å². The number of nitrogens with zero attached hydrogens (tertiary/aromatic N) is 3. The second-order valence-electron chi connectivity index (χ2n) is 6.26. The first-order valence-corrected chi connectivity index (χ1v) is 8.32. The Morgan fingerprint density at radius 3 is 2.69 bits per heavy atom. The predicted molar refractivity (Wildman–Crippen MR) is 98.6 cm³/mol. The van der Waals surface area contributed by atoms with Crippen molar-refractivity contribution in [2.45, 2.75) is 19.7 Å². The van der Waals surface area contributed by atoms with Gasteiger partial charge in [-0.1, -0.05) is 36.4 Å². The summed E-state index contributed by atoms with van der Waals surface area (Å²) in [6, 6.07) is 15.1. The molecule has 0 radical (unpaired) electrons. The number of hydrogen-bond donors (Lipinski definition) is 3. The maximum absolute atomic E-state index is 12.6.